The molecule has 5 heteroatoms. The monoisotopic (exact) mass is 207 g/mol. The van der Waals surface area contributed by atoms with Gasteiger partial charge in [-0.1, -0.05) is 0 Å². The van der Waals surface area contributed by atoms with Crippen LogP contribution in [-0.2, 0) is 0 Å². The molecule has 1 rings (SSSR count). The van der Waals surface area contributed by atoms with Crippen molar-refractivity contribution in [1.82, 2.24) is 4.98 Å². The second kappa shape index (κ2) is 4.73. The molecule has 1 aromatic heterocycles. The summed E-state index contributed by atoms with van der Waals surface area (Å²) in [5.41, 5.74) is 0.199. The summed E-state index contributed by atoms with van der Waals surface area (Å²) in [7, 11) is 0. The number of aliphatic hydroxyl groups excluding tert-OH is 2. The zero-order valence-electron chi connectivity index (χ0n) is 8.44. The van der Waals surface area contributed by atoms with Crippen LogP contribution in [0.1, 0.15) is 12.6 Å². The van der Waals surface area contributed by atoms with Crippen LogP contribution in [0.5, 0.6) is 0 Å². The third kappa shape index (κ3) is 2.91. The maximum absolute atomic E-state index is 9.05. The summed E-state index contributed by atoms with van der Waals surface area (Å²) < 4.78 is 0. The van der Waals surface area contributed by atoms with Crippen molar-refractivity contribution in [2.24, 2.45) is 0 Å². The summed E-state index contributed by atoms with van der Waals surface area (Å²) in [6.07, 6.45) is 1.49. The molecule has 0 aliphatic carbocycles. The summed E-state index contributed by atoms with van der Waals surface area (Å²) in [5.74, 6) is 0. The summed E-state index contributed by atoms with van der Waals surface area (Å²) >= 11 is 0. The molecule has 0 aromatic carbocycles. The highest BCUT2D eigenvalue weighted by atomic mass is 16.3. The van der Waals surface area contributed by atoms with E-state index >= 15 is 0 Å². The van der Waals surface area contributed by atoms with Gasteiger partial charge >= 0.3 is 0 Å². The minimum absolute atomic E-state index is 0.191. The number of nitrogens with one attached hydrogen (secondary N) is 1. The molecule has 80 valence electrons. The molecule has 0 spiro atoms. The molecule has 0 fully saturated rings. The van der Waals surface area contributed by atoms with Crippen molar-refractivity contribution < 1.29 is 10.2 Å². The van der Waals surface area contributed by atoms with Crippen LogP contribution in [0.15, 0.2) is 18.3 Å². The van der Waals surface area contributed by atoms with Gasteiger partial charge in [0.1, 0.15) is 11.8 Å². The lowest BCUT2D eigenvalue weighted by atomic mass is 10.1. The first-order valence-corrected chi connectivity index (χ1v) is 4.49. The average molecular weight is 207 g/mol. The van der Waals surface area contributed by atoms with E-state index in [1.54, 1.807) is 19.1 Å². The molecular formula is C10H13N3O2. The lowest BCUT2D eigenvalue weighted by Gasteiger charge is -2.27. The molecule has 0 amide bonds. The van der Waals surface area contributed by atoms with E-state index in [4.69, 9.17) is 15.5 Å². The van der Waals surface area contributed by atoms with E-state index in [0.717, 1.165) is 0 Å². The second-order valence-corrected chi connectivity index (χ2v) is 3.55. The zero-order valence-corrected chi connectivity index (χ0v) is 8.44. The molecule has 0 saturated heterocycles. The highest BCUT2D eigenvalue weighted by Crippen LogP contribution is 2.13. The normalized spacial score (nSPS) is 10.8. The Morgan fingerprint density at radius 3 is 2.53 bits per heavy atom. The van der Waals surface area contributed by atoms with Gasteiger partial charge in [0.25, 0.3) is 0 Å². The standard InChI is InChI=1S/C10H13N3O2/c1-10(6-14,7-15)13-9-3-2-8(4-11)12-5-9/h2-3,5,13-15H,6-7H2,1H3. The molecule has 0 aliphatic heterocycles. The van der Waals surface area contributed by atoms with E-state index in [-0.39, 0.29) is 13.2 Å². The predicted molar refractivity (Wildman–Crippen MR) is 55.2 cm³/mol. The maximum atomic E-state index is 9.05. The van der Waals surface area contributed by atoms with Crippen LogP contribution in [0.25, 0.3) is 0 Å². The first kappa shape index (κ1) is 11.4. The lowest BCUT2D eigenvalue weighted by Crippen LogP contribution is -2.42. The van der Waals surface area contributed by atoms with E-state index in [0.29, 0.717) is 11.4 Å². The third-order valence-electron chi connectivity index (χ3n) is 2.02. The summed E-state index contributed by atoms with van der Waals surface area (Å²) in [4.78, 5) is 3.86. The van der Waals surface area contributed by atoms with Crippen LogP contribution in [0.3, 0.4) is 0 Å². The molecule has 0 bridgehead atoms. The minimum atomic E-state index is -0.782. The van der Waals surface area contributed by atoms with E-state index in [9.17, 15) is 0 Å². The van der Waals surface area contributed by atoms with E-state index < -0.39 is 5.54 Å². The molecule has 1 heterocycles. The molecule has 0 radical (unpaired) electrons. The van der Waals surface area contributed by atoms with Gasteiger partial charge in [-0.15, -0.1) is 0 Å². The number of pyridine rings is 1. The first-order valence-electron chi connectivity index (χ1n) is 4.49. The molecule has 0 saturated carbocycles. The number of nitriles is 1. The second-order valence-electron chi connectivity index (χ2n) is 3.55. The topological polar surface area (TPSA) is 89.2 Å². The van der Waals surface area contributed by atoms with Gasteiger partial charge in [0, 0.05) is 0 Å². The molecular weight excluding hydrogens is 194 g/mol. The smallest absolute Gasteiger partial charge is 0.140 e. The van der Waals surface area contributed by atoms with E-state index in [1.807, 2.05) is 6.07 Å². The third-order valence-corrected chi connectivity index (χ3v) is 2.02. The minimum Gasteiger partial charge on any atom is -0.394 e. The Kier molecular flexibility index (Phi) is 3.61. The van der Waals surface area contributed by atoms with Crippen molar-refractivity contribution in [3.63, 3.8) is 0 Å². The van der Waals surface area contributed by atoms with Gasteiger partial charge in [0.05, 0.1) is 30.6 Å². The molecule has 3 N–H and O–H groups in total. The number of nitrogens with zero attached hydrogens (tertiary/aromatic N) is 2. The fourth-order valence-electron chi connectivity index (χ4n) is 1.01. The number of aromatic nitrogens is 1. The van der Waals surface area contributed by atoms with E-state index in [1.165, 1.54) is 6.20 Å². The Morgan fingerprint density at radius 2 is 2.13 bits per heavy atom. The van der Waals surface area contributed by atoms with Crippen molar-refractivity contribution in [2.45, 2.75) is 12.5 Å². The van der Waals surface area contributed by atoms with Crippen LogP contribution in [-0.4, -0.2) is 33.9 Å². The molecule has 1 aromatic rings. The van der Waals surface area contributed by atoms with Gasteiger partial charge in [0.2, 0.25) is 0 Å². The number of hydrogen-bond acceptors (Lipinski definition) is 5. The first-order chi connectivity index (χ1) is 7.13. The number of anilines is 1. The largest absolute Gasteiger partial charge is 0.394 e. The summed E-state index contributed by atoms with van der Waals surface area (Å²) in [6, 6.07) is 5.15. The van der Waals surface area contributed by atoms with Crippen LogP contribution in [0.4, 0.5) is 5.69 Å². The molecule has 5 nitrogen and oxygen atoms in total. The average Bonchev–Trinajstić information content (AvgIpc) is 2.30. The Hall–Kier alpha value is -1.64. The fourth-order valence-corrected chi connectivity index (χ4v) is 1.01. The van der Waals surface area contributed by atoms with E-state index in [2.05, 4.69) is 10.3 Å². The van der Waals surface area contributed by atoms with Gasteiger partial charge in [-0.25, -0.2) is 4.98 Å². The van der Waals surface area contributed by atoms with Gasteiger partial charge in [-0.05, 0) is 19.1 Å². The Morgan fingerprint density at radius 1 is 1.47 bits per heavy atom. The van der Waals surface area contributed by atoms with Crippen molar-refractivity contribution in [3.8, 4) is 6.07 Å². The molecule has 0 atom stereocenters. The van der Waals surface area contributed by atoms with Crippen LogP contribution < -0.4 is 5.32 Å². The Bertz CT molecular complexity index is 352. The fraction of sp³-hybridized carbons (Fsp3) is 0.400. The highest BCUT2D eigenvalue weighted by molar-refractivity contribution is 5.45. The van der Waals surface area contributed by atoms with Crippen molar-refractivity contribution >= 4 is 5.69 Å². The van der Waals surface area contributed by atoms with Crippen LogP contribution >= 0.6 is 0 Å². The number of rotatable bonds is 4. The molecule has 0 unspecified atom stereocenters. The van der Waals surface area contributed by atoms with Gasteiger partial charge in [-0.3, -0.25) is 0 Å². The van der Waals surface area contributed by atoms with Crippen LogP contribution in [0, 0.1) is 11.3 Å². The Balaban J connectivity index is 2.77. The van der Waals surface area contributed by atoms with Gasteiger partial charge in [-0.2, -0.15) is 5.26 Å². The molecule has 0 aliphatic rings. The lowest BCUT2D eigenvalue weighted by molar-refractivity contribution is 0.147. The quantitative estimate of drug-likeness (QED) is 0.652. The number of hydrogen-bond donors (Lipinski definition) is 3. The van der Waals surface area contributed by atoms with Crippen LogP contribution in [0.2, 0.25) is 0 Å². The van der Waals surface area contributed by atoms with Gasteiger partial charge < -0.3 is 15.5 Å². The van der Waals surface area contributed by atoms with Crippen molar-refractivity contribution in [2.75, 3.05) is 18.5 Å². The predicted octanol–water partition coefficient (Wildman–Crippen LogP) is 0.108. The molecule has 15 heavy (non-hydrogen) atoms. The van der Waals surface area contributed by atoms with Crippen molar-refractivity contribution in [1.29, 1.82) is 5.26 Å². The van der Waals surface area contributed by atoms with Crippen molar-refractivity contribution in [3.05, 3.63) is 24.0 Å². The highest BCUT2D eigenvalue weighted by Gasteiger charge is 2.21. The summed E-state index contributed by atoms with van der Waals surface area (Å²) in [5, 5.41) is 29.6. The zero-order chi connectivity index (χ0) is 11.3. The maximum Gasteiger partial charge on any atom is 0.140 e. The Labute approximate surface area is 88.0 Å². The SMILES string of the molecule is CC(CO)(CO)Nc1ccc(C#N)nc1. The van der Waals surface area contributed by atoms with Gasteiger partial charge in [0.15, 0.2) is 0 Å². The summed E-state index contributed by atoms with van der Waals surface area (Å²) in [6.45, 7) is 1.30. The number of aliphatic hydroxyl groups is 2.